The molecular formula is C7H9N3O4. The fourth-order valence-corrected chi connectivity index (χ4v) is 0.693. The first-order chi connectivity index (χ1) is 6.63. The summed E-state index contributed by atoms with van der Waals surface area (Å²) in [6.45, 7) is 3.32. The summed E-state index contributed by atoms with van der Waals surface area (Å²) in [6, 6.07) is -0.124. The number of carbonyl (C=O) groups is 2. The van der Waals surface area contributed by atoms with Gasteiger partial charge in [-0.05, 0) is 13.8 Å². The van der Waals surface area contributed by atoms with Crippen molar-refractivity contribution in [1.29, 1.82) is 0 Å². The lowest BCUT2D eigenvalue weighted by Crippen LogP contribution is -2.25. The van der Waals surface area contributed by atoms with E-state index in [0.717, 1.165) is 0 Å². The van der Waals surface area contributed by atoms with Gasteiger partial charge in [0.1, 0.15) is 0 Å². The summed E-state index contributed by atoms with van der Waals surface area (Å²) in [6.07, 6.45) is 0. The predicted octanol–water partition coefficient (Wildman–Crippen LogP) is -0.120. The average Bonchev–Trinajstić information content (AvgIpc) is 2.51. The molecule has 1 aromatic rings. The first-order valence-electron chi connectivity index (χ1n) is 3.92. The summed E-state index contributed by atoms with van der Waals surface area (Å²) in [5, 5.41) is 5.52. The molecule has 7 nitrogen and oxygen atoms in total. The molecule has 0 aromatic carbocycles. The molecule has 0 radical (unpaired) electrons. The molecule has 0 aliphatic carbocycles. The maximum atomic E-state index is 11.0. The van der Waals surface area contributed by atoms with E-state index in [0.29, 0.717) is 5.82 Å². The van der Waals surface area contributed by atoms with Crippen LogP contribution in [0.5, 0.6) is 0 Å². The van der Waals surface area contributed by atoms with Gasteiger partial charge in [-0.25, -0.2) is 4.79 Å². The number of carbonyl (C=O) groups excluding carboxylic acids is 2. The fraction of sp³-hybridized carbons (Fsp3) is 0.429. The first kappa shape index (κ1) is 10.2. The van der Waals surface area contributed by atoms with Crippen LogP contribution in [0.15, 0.2) is 4.52 Å². The number of esters is 1. The Labute approximate surface area is 79.4 Å². The Bertz CT molecular complexity index is 346. The zero-order chi connectivity index (χ0) is 10.6. The van der Waals surface area contributed by atoms with Gasteiger partial charge >= 0.3 is 17.9 Å². The number of hydrogen-bond acceptors (Lipinski definition) is 6. The molecule has 76 valence electrons. The number of rotatable bonds is 2. The molecule has 0 fully saturated rings. The molecule has 0 atom stereocenters. The highest BCUT2D eigenvalue weighted by atomic mass is 16.5. The van der Waals surface area contributed by atoms with Crippen LogP contribution in [-0.4, -0.2) is 28.6 Å². The van der Waals surface area contributed by atoms with E-state index in [1.54, 1.807) is 13.8 Å². The van der Waals surface area contributed by atoms with Crippen molar-refractivity contribution in [2.45, 2.75) is 13.8 Å². The number of aryl methyl sites for hydroxylation is 1. The van der Waals surface area contributed by atoms with Crippen LogP contribution in [0.2, 0.25) is 0 Å². The van der Waals surface area contributed by atoms with E-state index in [9.17, 15) is 9.59 Å². The highest BCUT2D eigenvalue weighted by Crippen LogP contribution is 2.01. The minimum atomic E-state index is -0.983. The molecule has 1 N–H and O–H groups in total. The Morgan fingerprint density at radius 3 is 2.79 bits per heavy atom. The molecule has 0 bridgehead atoms. The average molecular weight is 199 g/mol. The number of ether oxygens (including phenoxy) is 1. The van der Waals surface area contributed by atoms with Gasteiger partial charge in [-0.15, -0.1) is 0 Å². The standard InChI is InChI=1S/C7H9N3O4/c1-3-13-6(12)5(11)9-7-8-4(2)10-14-7/h3H2,1-2H3,(H,8,9,10,11). The topological polar surface area (TPSA) is 94.3 Å². The van der Waals surface area contributed by atoms with Crippen molar-refractivity contribution in [3.8, 4) is 0 Å². The van der Waals surface area contributed by atoms with E-state index in [2.05, 4.69) is 24.7 Å². The molecule has 0 saturated heterocycles. The zero-order valence-electron chi connectivity index (χ0n) is 7.73. The number of nitrogens with zero attached hydrogens (tertiary/aromatic N) is 2. The van der Waals surface area contributed by atoms with Gasteiger partial charge in [0.25, 0.3) is 0 Å². The summed E-state index contributed by atoms with van der Waals surface area (Å²) in [5.74, 6) is -1.55. The van der Waals surface area contributed by atoms with Crippen LogP contribution in [0.3, 0.4) is 0 Å². The second kappa shape index (κ2) is 4.35. The quantitative estimate of drug-likeness (QED) is 0.527. The minimum Gasteiger partial charge on any atom is -0.459 e. The van der Waals surface area contributed by atoms with Crippen LogP contribution in [0.25, 0.3) is 0 Å². The van der Waals surface area contributed by atoms with E-state index >= 15 is 0 Å². The molecule has 0 aliphatic rings. The number of anilines is 1. The minimum absolute atomic E-state index is 0.124. The van der Waals surface area contributed by atoms with Crippen molar-refractivity contribution in [2.24, 2.45) is 0 Å². The van der Waals surface area contributed by atoms with Gasteiger partial charge in [-0.1, -0.05) is 5.16 Å². The lowest BCUT2D eigenvalue weighted by atomic mass is 10.6. The number of nitrogens with one attached hydrogen (secondary N) is 1. The van der Waals surface area contributed by atoms with Crippen molar-refractivity contribution < 1.29 is 18.8 Å². The summed E-state index contributed by atoms with van der Waals surface area (Å²) in [4.78, 5) is 25.5. The first-order valence-corrected chi connectivity index (χ1v) is 3.92. The fourth-order valence-electron chi connectivity index (χ4n) is 0.693. The predicted molar refractivity (Wildman–Crippen MR) is 44.3 cm³/mol. The van der Waals surface area contributed by atoms with Gasteiger partial charge in [0.15, 0.2) is 5.82 Å². The van der Waals surface area contributed by atoms with Crippen LogP contribution >= 0.6 is 0 Å². The van der Waals surface area contributed by atoms with Crippen LogP contribution in [0.1, 0.15) is 12.7 Å². The van der Waals surface area contributed by atoms with Crippen LogP contribution < -0.4 is 5.32 Å². The Morgan fingerprint density at radius 1 is 1.57 bits per heavy atom. The van der Waals surface area contributed by atoms with Crippen molar-refractivity contribution >= 4 is 17.9 Å². The van der Waals surface area contributed by atoms with Gasteiger partial charge in [-0.2, -0.15) is 4.98 Å². The Kier molecular flexibility index (Phi) is 3.16. The highest BCUT2D eigenvalue weighted by Gasteiger charge is 2.17. The Morgan fingerprint density at radius 2 is 2.29 bits per heavy atom. The summed E-state index contributed by atoms with van der Waals surface area (Å²) >= 11 is 0. The van der Waals surface area contributed by atoms with E-state index in [-0.39, 0.29) is 12.6 Å². The van der Waals surface area contributed by atoms with Gasteiger partial charge in [0.2, 0.25) is 0 Å². The maximum absolute atomic E-state index is 11.0. The zero-order valence-corrected chi connectivity index (χ0v) is 7.73. The molecule has 0 spiro atoms. The third-order valence-corrected chi connectivity index (χ3v) is 1.21. The van der Waals surface area contributed by atoms with E-state index in [1.807, 2.05) is 0 Å². The van der Waals surface area contributed by atoms with E-state index < -0.39 is 11.9 Å². The van der Waals surface area contributed by atoms with Crippen LogP contribution in [-0.2, 0) is 14.3 Å². The van der Waals surface area contributed by atoms with Crippen LogP contribution in [0, 0.1) is 6.92 Å². The van der Waals surface area contributed by atoms with Gasteiger partial charge in [0, 0.05) is 0 Å². The van der Waals surface area contributed by atoms with Gasteiger partial charge in [-0.3, -0.25) is 10.1 Å². The highest BCUT2D eigenvalue weighted by molar-refractivity contribution is 6.37. The normalized spacial score (nSPS) is 9.57. The van der Waals surface area contributed by atoms with Gasteiger partial charge < -0.3 is 9.26 Å². The molecular weight excluding hydrogens is 190 g/mol. The summed E-state index contributed by atoms with van der Waals surface area (Å²) in [7, 11) is 0. The molecule has 7 heteroatoms. The van der Waals surface area contributed by atoms with E-state index in [1.165, 1.54) is 0 Å². The molecule has 0 aliphatic heterocycles. The van der Waals surface area contributed by atoms with Crippen LogP contribution in [0.4, 0.5) is 6.01 Å². The summed E-state index contributed by atoms with van der Waals surface area (Å²) in [5.41, 5.74) is 0. The molecule has 1 aromatic heterocycles. The Balaban J connectivity index is 2.53. The largest absolute Gasteiger partial charge is 0.459 e. The molecule has 14 heavy (non-hydrogen) atoms. The van der Waals surface area contributed by atoms with Crippen molar-refractivity contribution in [1.82, 2.24) is 10.1 Å². The third kappa shape index (κ3) is 2.54. The molecule has 1 heterocycles. The molecule has 0 unspecified atom stereocenters. The second-order valence-corrected chi connectivity index (χ2v) is 2.32. The van der Waals surface area contributed by atoms with Gasteiger partial charge in [0.05, 0.1) is 6.61 Å². The van der Waals surface area contributed by atoms with Crippen molar-refractivity contribution in [2.75, 3.05) is 11.9 Å². The van der Waals surface area contributed by atoms with Crippen molar-refractivity contribution in [3.63, 3.8) is 0 Å². The van der Waals surface area contributed by atoms with Crippen molar-refractivity contribution in [3.05, 3.63) is 5.82 Å². The van der Waals surface area contributed by atoms with E-state index in [4.69, 9.17) is 0 Å². The SMILES string of the molecule is CCOC(=O)C(=O)Nc1nc(C)no1. The summed E-state index contributed by atoms with van der Waals surface area (Å²) < 4.78 is 9.00. The maximum Gasteiger partial charge on any atom is 0.397 e. The number of hydrogen-bond donors (Lipinski definition) is 1. The monoisotopic (exact) mass is 199 g/mol. The molecule has 0 saturated carbocycles. The number of aromatic nitrogens is 2. The lowest BCUT2D eigenvalue weighted by Gasteiger charge is -1.98. The third-order valence-electron chi connectivity index (χ3n) is 1.21. The molecule has 1 rings (SSSR count). The Hall–Kier alpha value is -1.92. The number of amides is 1. The molecule has 1 amide bonds. The second-order valence-electron chi connectivity index (χ2n) is 2.32. The lowest BCUT2D eigenvalue weighted by molar-refractivity contribution is -0.152. The smallest absolute Gasteiger partial charge is 0.397 e.